The molecule has 0 unspecified atom stereocenters. The van der Waals surface area contributed by atoms with Crippen LogP contribution in [0.5, 0.6) is 0 Å². The lowest BCUT2D eigenvalue weighted by molar-refractivity contribution is -0.113. The summed E-state index contributed by atoms with van der Waals surface area (Å²) in [4.78, 5) is 17.3. The number of anilines is 2. The van der Waals surface area contributed by atoms with Gasteiger partial charge in [0, 0.05) is 31.2 Å². The molecule has 4 rings (SSSR count). The normalized spacial score (nSPS) is 14.5. The van der Waals surface area contributed by atoms with Crippen LogP contribution in [0.1, 0.15) is 6.92 Å². The molecule has 2 heterocycles. The van der Waals surface area contributed by atoms with Crippen molar-refractivity contribution < 1.29 is 9.21 Å². The van der Waals surface area contributed by atoms with Crippen LogP contribution >= 0.6 is 35.0 Å². The molecule has 1 aromatic heterocycles. The summed E-state index contributed by atoms with van der Waals surface area (Å²) in [5, 5.41) is 12.4. The average molecular weight is 492 g/mol. The smallest absolute Gasteiger partial charge is 0.277 e. The van der Waals surface area contributed by atoms with Crippen LogP contribution < -0.4 is 10.2 Å². The van der Waals surface area contributed by atoms with E-state index >= 15 is 0 Å². The number of rotatable bonds is 7. The highest BCUT2D eigenvalue weighted by molar-refractivity contribution is 7.99. The zero-order chi connectivity index (χ0) is 22.5. The van der Waals surface area contributed by atoms with Crippen molar-refractivity contribution in [3.63, 3.8) is 0 Å². The number of nitrogens with one attached hydrogen (secondary N) is 1. The molecule has 1 aliphatic rings. The van der Waals surface area contributed by atoms with E-state index in [0.717, 1.165) is 38.4 Å². The van der Waals surface area contributed by atoms with E-state index in [1.54, 1.807) is 18.2 Å². The maximum atomic E-state index is 12.6. The standard InChI is InChI=1S/C22H23Cl2N5O2S/c1-2-28-9-11-29(12-10-28)19-8-7-15(23)13-18(19)25-20(30)14-32-22-27-26-21(31-22)16-5-3-4-6-17(16)24/h3-8,13H,2,9-12,14H2,1H3,(H,25,30). The Bertz CT molecular complexity index is 1090. The first-order valence-electron chi connectivity index (χ1n) is 10.3. The van der Waals surface area contributed by atoms with E-state index in [0.29, 0.717) is 32.4 Å². The van der Waals surface area contributed by atoms with Crippen LogP contribution in [-0.4, -0.2) is 59.5 Å². The van der Waals surface area contributed by atoms with Gasteiger partial charge in [-0.25, -0.2) is 0 Å². The van der Waals surface area contributed by atoms with Crippen LogP contribution in [0.4, 0.5) is 11.4 Å². The average Bonchev–Trinajstić information content (AvgIpc) is 3.27. The van der Waals surface area contributed by atoms with Gasteiger partial charge >= 0.3 is 0 Å². The molecule has 0 atom stereocenters. The van der Waals surface area contributed by atoms with Crippen LogP contribution in [0, 0.1) is 0 Å². The molecule has 1 amide bonds. The van der Waals surface area contributed by atoms with Crippen molar-refractivity contribution in [3.05, 3.63) is 52.5 Å². The van der Waals surface area contributed by atoms with Gasteiger partial charge in [-0.1, -0.05) is 54.0 Å². The zero-order valence-electron chi connectivity index (χ0n) is 17.6. The summed E-state index contributed by atoms with van der Waals surface area (Å²) in [7, 11) is 0. The lowest BCUT2D eigenvalue weighted by atomic mass is 10.2. The van der Waals surface area contributed by atoms with E-state index in [4.69, 9.17) is 27.6 Å². The van der Waals surface area contributed by atoms with Crippen LogP contribution in [0.3, 0.4) is 0 Å². The van der Waals surface area contributed by atoms with Gasteiger partial charge in [0.25, 0.3) is 5.22 Å². The lowest BCUT2D eigenvalue weighted by Gasteiger charge is -2.36. The second kappa shape index (κ2) is 10.6. The van der Waals surface area contributed by atoms with E-state index in [1.165, 1.54) is 11.8 Å². The number of hydrogen-bond donors (Lipinski definition) is 1. The highest BCUT2D eigenvalue weighted by Gasteiger charge is 2.20. The third kappa shape index (κ3) is 5.56. The minimum Gasteiger partial charge on any atom is -0.411 e. The fraction of sp³-hybridized carbons (Fsp3) is 0.318. The van der Waals surface area contributed by atoms with Gasteiger partial charge in [-0.2, -0.15) is 0 Å². The quantitative estimate of drug-likeness (QED) is 0.470. The molecule has 3 aromatic rings. The molecule has 7 nitrogen and oxygen atoms in total. The first-order valence-corrected chi connectivity index (χ1v) is 12.1. The predicted octanol–water partition coefficient (Wildman–Crippen LogP) is 4.92. The summed E-state index contributed by atoms with van der Waals surface area (Å²) in [5.74, 6) is 0.268. The minimum atomic E-state index is -0.178. The Morgan fingerprint density at radius 3 is 2.66 bits per heavy atom. The van der Waals surface area contributed by atoms with Crippen molar-refractivity contribution >= 4 is 52.2 Å². The predicted molar refractivity (Wildman–Crippen MR) is 130 cm³/mol. The number of halogens is 2. The maximum absolute atomic E-state index is 12.6. The SMILES string of the molecule is CCN1CCN(c2ccc(Cl)cc2NC(=O)CSc2nnc(-c3ccccc3Cl)o2)CC1. The van der Waals surface area contributed by atoms with Crippen LogP contribution in [0.15, 0.2) is 52.1 Å². The number of carbonyl (C=O) groups is 1. The molecule has 1 fully saturated rings. The number of aromatic nitrogens is 2. The highest BCUT2D eigenvalue weighted by Crippen LogP contribution is 2.31. The number of nitrogens with zero attached hydrogens (tertiary/aromatic N) is 4. The van der Waals surface area contributed by atoms with Gasteiger partial charge in [0.1, 0.15) is 0 Å². The molecule has 0 bridgehead atoms. The summed E-state index contributed by atoms with van der Waals surface area (Å²) in [6, 6.07) is 12.8. The molecule has 10 heteroatoms. The molecule has 1 N–H and O–H groups in total. The van der Waals surface area contributed by atoms with Crippen molar-refractivity contribution in [1.82, 2.24) is 15.1 Å². The highest BCUT2D eigenvalue weighted by atomic mass is 35.5. The van der Waals surface area contributed by atoms with Crippen molar-refractivity contribution in [1.29, 1.82) is 0 Å². The third-order valence-electron chi connectivity index (χ3n) is 5.23. The number of likely N-dealkylation sites (N-methyl/N-ethyl adjacent to an activating group) is 1. The van der Waals surface area contributed by atoms with Crippen LogP contribution in [-0.2, 0) is 4.79 Å². The second-order valence-electron chi connectivity index (χ2n) is 7.27. The summed E-state index contributed by atoms with van der Waals surface area (Å²) in [6.45, 7) is 7.01. The number of piperazine rings is 1. The molecule has 32 heavy (non-hydrogen) atoms. The number of thioether (sulfide) groups is 1. The van der Waals surface area contributed by atoms with Crippen LogP contribution in [0.2, 0.25) is 10.0 Å². The van der Waals surface area contributed by atoms with Gasteiger partial charge in [0.05, 0.1) is 27.7 Å². The topological polar surface area (TPSA) is 74.5 Å². The maximum Gasteiger partial charge on any atom is 0.277 e. The molecular weight excluding hydrogens is 469 g/mol. The monoisotopic (exact) mass is 491 g/mol. The van der Waals surface area contributed by atoms with Crippen molar-refractivity contribution in [2.75, 3.05) is 48.7 Å². The number of benzene rings is 2. The summed E-state index contributed by atoms with van der Waals surface area (Å²) in [6.07, 6.45) is 0. The minimum absolute atomic E-state index is 0.125. The molecule has 0 radical (unpaired) electrons. The van der Waals surface area contributed by atoms with Gasteiger partial charge in [-0.3, -0.25) is 4.79 Å². The van der Waals surface area contributed by atoms with Gasteiger partial charge in [0.15, 0.2) is 0 Å². The van der Waals surface area contributed by atoms with E-state index in [9.17, 15) is 4.79 Å². The van der Waals surface area contributed by atoms with E-state index in [-0.39, 0.29) is 11.7 Å². The molecule has 168 valence electrons. The Labute approximate surface area is 201 Å². The van der Waals surface area contributed by atoms with Gasteiger partial charge in [-0.15, -0.1) is 10.2 Å². The lowest BCUT2D eigenvalue weighted by Crippen LogP contribution is -2.46. The molecule has 1 saturated heterocycles. The van der Waals surface area contributed by atoms with Gasteiger partial charge < -0.3 is 19.5 Å². The van der Waals surface area contributed by atoms with E-state index in [1.807, 2.05) is 24.3 Å². The molecule has 0 saturated carbocycles. The second-order valence-corrected chi connectivity index (χ2v) is 9.04. The largest absolute Gasteiger partial charge is 0.411 e. The van der Waals surface area contributed by atoms with Gasteiger partial charge in [0.2, 0.25) is 11.8 Å². The Morgan fingerprint density at radius 1 is 1.12 bits per heavy atom. The number of amides is 1. The molecular formula is C22H23Cl2N5O2S. The molecule has 2 aromatic carbocycles. The number of hydrogen-bond acceptors (Lipinski definition) is 7. The molecule has 0 aliphatic carbocycles. The zero-order valence-corrected chi connectivity index (χ0v) is 19.9. The summed E-state index contributed by atoms with van der Waals surface area (Å²) >= 11 is 13.6. The van der Waals surface area contributed by atoms with E-state index in [2.05, 4.69) is 32.2 Å². The Balaban J connectivity index is 1.39. The fourth-order valence-electron chi connectivity index (χ4n) is 3.51. The Kier molecular flexibility index (Phi) is 7.57. The Morgan fingerprint density at radius 2 is 1.91 bits per heavy atom. The molecule has 0 spiro atoms. The van der Waals surface area contributed by atoms with Crippen molar-refractivity contribution in [2.24, 2.45) is 0 Å². The first-order chi connectivity index (χ1) is 15.5. The fourth-order valence-corrected chi connectivity index (χ4v) is 4.47. The third-order valence-corrected chi connectivity index (χ3v) is 6.61. The molecule has 1 aliphatic heterocycles. The van der Waals surface area contributed by atoms with Gasteiger partial charge in [-0.05, 0) is 36.9 Å². The van der Waals surface area contributed by atoms with Crippen LogP contribution in [0.25, 0.3) is 11.5 Å². The summed E-state index contributed by atoms with van der Waals surface area (Å²) in [5.41, 5.74) is 2.34. The van der Waals surface area contributed by atoms with Crippen molar-refractivity contribution in [3.8, 4) is 11.5 Å². The number of carbonyl (C=O) groups excluding carboxylic acids is 1. The first kappa shape index (κ1) is 22.9. The van der Waals surface area contributed by atoms with E-state index < -0.39 is 0 Å². The summed E-state index contributed by atoms with van der Waals surface area (Å²) < 4.78 is 5.65. The van der Waals surface area contributed by atoms with Crippen molar-refractivity contribution in [2.45, 2.75) is 12.1 Å². The Hall–Kier alpha value is -2.26.